The number of para-hydroxylation sites is 2. The van der Waals surface area contributed by atoms with Crippen LogP contribution < -0.4 is 15.4 Å². The number of amides is 2. The summed E-state index contributed by atoms with van der Waals surface area (Å²) in [4.78, 5) is 13.0. The van der Waals surface area contributed by atoms with Crippen molar-refractivity contribution in [3.8, 4) is 5.75 Å². The number of benzene rings is 1. The van der Waals surface area contributed by atoms with Gasteiger partial charge in [-0.15, -0.1) is 11.3 Å². The third-order valence-corrected chi connectivity index (χ3v) is 4.40. The molecule has 0 aliphatic heterocycles. The highest BCUT2D eigenvalue weighted by atomic mass is 35.5. The third-order valence-electron chi connectivity index (χ3n) is 3.08. The van der Waals surface area contributed by atoms with Crippen molar-refractivity contribution in [3.63, 3.8) is 0 Å². The van der Waals surface area contributed by atoms with Crippen molar-refractivity contribution >= 4 is 34.7 Å². The molecule has 2 aromatic rings. The van der Waals surface area contributed by atoms with Crippen LogP contribution in [0.15, 0.2) is 36.4 Å². The number of ether oxygens (including phenoxy) is 2. The third kappa shape index (κ3) is 5.13. The number of rotatable bonds is 7. The molecule has 0 radical (unpaired) electrons. The number of hydrogen-bond acceptors (Lipinski definition) is 4. The number of urea groups is 1. The van der Waals surface area contributed by atoms with E-state index in [4.69, 9.17) is 21.1 Å². The van der Waals surface area contributed by atoms with Crippen LogP contribution in [0.3, 0.4) is 0 Å². The molecule has 5 nitrogen and oxygen atoms in total. The fraction of sp³-hybridized carbons (Fsp3) is 0.312. The Morgan fingerprint density at radius 1 is 1.30 bits per heavy atom. The lowest BCUT2D eigenvalue weighted by atomic mass is 10.3. The number of anilines is 1. The van der Waals surface area contributed by atoms with E-state index in [0.29, 0.717) is 28.9 Å². The van der Waals surface area contributed by atoms with Gasteiger partial charge in [0, 0.05) is 12.0 Å². The minimum Gasteiger partial charge on any atom is -0.492 e. The molecule has 2 amide bonds. The van der Waals surface area contributed by atoms with Gasteiger partial charge in [0.2, 0.25) is 0 Å². The highest BCUT2D eigenvalue weighted by Gasteiger charge is 2.15. The predicted octanol–water partition coefficient (Wildman–Crippen LogP) is 4.31. The Hall–Kier alpha value is -1.76. The van der Waals surface area contributed by atoms with Crippen LogP contribution in [0.1, 0.15) is 17.9 Å². The molecule has 1 aromatic heterocycles. The summed E-state index contributed by atoms with van der Waals surface area (Å²) in [6, 6.07) is 10.7. The van der Waals surface area contributed by atoms with Crippen LogP contribution in [0.4, 0.5) is 10.5 Å². The molecule has 1 unspecified atom stereocenters. The van der Waals surface area contributed by atoms with E-state index in [1.165, 1.54) is 11.3 Å². The van der Waals surface area contributed by atoms with Crippen molar-refractivity contribution in [2.24, 2.45) is 0 Å². The van der Waals surface area contributed by atoms with E-state index in [2.05, 4.69) is 10.6 Å². The number of methoxy groups -OCH3 is 1. The van der Waals surface area contributed by atoms with Gasteiger partial charge in [0.05, 0.1) is 23.2 Å². The van der Waals surface area contributed by atoms with Crippen molar-refractivity contribution in [1.29, 1.82) is 0 Å². The van der Waals surface area contributed by atoms with Gasteiger partial charge in [-0.05, 0) is 31.2 Å². The average molecular weight is 355 g/mol. The summed E-state index contributed by atoms with van der Waals surface area (Å²) in [7, 11) is 1.60. The van der Waals surface area contributed by atoms with Crippen LogP contribution in [-0.4, -0.2) is 26.3 Å². The minimum absolute atomic E-state index is 0.236. The smallest absolute Gasteiger partial charge is 0.319 e. The van der Waals surface area contributed by atoms with E-state index in [-0.39, 0.29) is 12.1 Å². The highest BCUT2D eigenvalue weighted by Crippen LogP contribution is 2.28. The van der Waals surface area contributed by atoms with Gasteiger partial charge in [0.25, 0.3) is 0 Å². The van der Waals surface area contributed by atoms with Crippen LogP contribution in [0, 0.1) is 0 Å². The molecule has 2 N–H and O–H groups in total. The van der Waals surface area contributed by atoms with Crippen LogP contribution in [0.25, 0.3) is 0 Å². The number of carbonyl (C=O) groups excluding carboxylic acids is 1. The zero-order valence-corrected chi connectivity index (χ0v) is 14.5. The number of thiophene rings is 1. The Labute approximate surface area is 144 Å². The van der Waals surface area contributed by atoms with Gasteiger partial charge in [-0.1, -0.05) is 23.7 Å². The van der Waals surface area contributed by atoms with Gasteiger partial charge < -0.3 is 20.1 Å². The lowest BCUT2D eigenvalue weighted by Gasteiger charge is -2.16. The van der Waals surface area contributed by atoms with Crippen molar-refractivity contribution in [3.05, 3.63) is 45.6 Å². The normalized spacial score (nSPS) is 11.8. The van der Waals surface area contributed by atoms with E-state index in [9.17, 15) is 4.79 Å². The van der Waals surface area contributed by atoms with Crippen molar-refractivity contribution in [2.75, 3.05) is 25.6 Å². The largest absolute Gasteiger partial charge is 0.492 e. The van der Waals surface area contributed by atoms with E-state index in [1.807, 2.05) is 37.3 Å². The number of halogens is 1. The molecule has 0 aliphatic rings. The topological polar surface area (TPSA) is 59.6 Å². The molecular weight excluding hydrogens is 336 g/mol. The first-order chi connectivity index (χ1) is 11.1. The maximum absolute atomic E-state index is 12.1. The molecule has 0 fully saturated rings. The molecule has 2 rings (SSSR count). The zero-order valence-electron chi connectivity index (χ0n) is 13.0. The fourth-order valence-corrected chi connectivity index (χ4v) is 3.14. The molecule has 0 aliphatic carbocycles. The summed E-state index contributed by atoms with van der Waals surface area (Å²) in [5.74, 6) is 0.637. The van der Waals surface area contributed by atoms with Gasteiger partial charge >= 0.3 is 6.03 Å². The summed E-state index contributed by atoms with van der Waals surface area (Å²) in [5, 5.41) is 5.57. The lowest BCUT2D eigenvalue weighted by molar-refractivity contribution is 0.107. The van der Waals surface area contributed by atoms with Crippen molar-refractivity contribution < 1.29 is 14.3 Å². The van der Waals surface area contributed by atoms with Gasteiger partial charge in [0.15, 0.2) is 0 Å². The number of nitrogens with one attached hydrogen (secondary N) is 2. The Morgan fingerprint density at radius 3 is 2.74 bits per heavy atom. The first kappa shape index (κ1) is 17.6. The summed E-state index contributed by atoms with van der Waals surface area (Å²) in [6.45, 7) is 2.77. The van der Waals surface area contributed by atoms with Crippen molar-refractivity contribution in [2.45, 2.75) is 13.0 Å². The molecule has 1 aromatic carbocycles. The quantitative estimate of drug-likeness (QED) is 0.778. The second-order valence-electron chi connectivity index (χ2n) is 4.63. The SMILES string of the molecule is CCOc1ccccc1NC(=O)NCC(OC)c1ccc(Cl)s1. The minimum atomic E-state index is -0.318. The van der Waals surface area contributed by atoms with Gasteiger partial charge in [0.1, 0.15) is 11.9 Å². The molecular formula is C16H19ClN2O3S. The van der Waals surface area contributed by atoms with E-state index in [0.717, 1.165) is 4.88 Å². The Morgan fingerprint density at radius 2 is 2.09 bits per heavy atom. The molecule has 124 valence electrons. The maximum atomic E-state index is 12.1. The van der Waals surface area contributed by atoms with Crippen LogP contribution >= 0.6 is 22.9 Å². The van der Waals surface area contributed by atoms with Gasteiger partial charge in [-0.2, -0.15) is 0 Å². The first-order valence-corrected chi connectivity index (χ1v) is 8.38. The molecule has 7 heteroatoms. The second kappa shape index (κ2) is 8.76. The van der Waals surface area contributed by atoms with Crippen LogP contribution in [0.5, 0.6) is 5.75 Å². The first-order valence-electron chi connectivity index (χ1n) is 7.18. The standard InChI is InChI=1S/C16H19ClN2O3S/c1-3-22-12-7-5-4-6-11(12)19-16(20)18-10-13(21-2)14-8-9-15(17)23-14/h4-9,13H,3,10H2,1-2H3,(H2,18,19,20). The molecule has 0 saturated heterocycles. The summed E-state index contributed by atoms with van der Waals surface area (Å²) in [6.07, 6.45) is -0.236. The Bertz CT molecular complexity index is 648. The lowest BCUT2D eigenvalue weighted by Crippen LogP contribution is -2.32. The molecule has 1 heterocycles. The van der Waals surface area contributed by atoms with Crippen molar-refractivity contribution in [1.82, 2.24) is 5.32 Å². The van der Waals surface area contributed by atoms with E-state index < -0.39 is 0 Å². The summed E-state index contributed by atoms with van der Waals surface area (Å²) >= 11 is 7.36. The Kier molecular flexibility index (Phi) is 6.70. The summed E-state index contributed by atoms with van der Waals surface area (Å²) < 4.78 is 11.6. The molecule has 0 saturated carbocycles. The van der Waals surface area contributed by atoms with Gasteiger partial charge in [-0.25, -0.2) is 4.79 Å². The highest BCUT2D eigenvalue weighted by molar-refractivity contribution is 7.16. The van der Waals surface area contributed by atoms with E-state index >= 15 is 0 Å². The monoisotopic (exact) mass is 354 g/mol. The predicted molar refractivity (Wildman–Crippen MR) is 93.7 cm³/mol. The molecule has 0 bridgehead atoms. The average Bonchev–Trinajstić information content (AvgIpc) is 2.96. The zero-order chi connectivity index (χ0) is 16.7. The molecule has 23 heavy (non-hydrogen) atoms. The number of carbonyl (C=O) groups is 1. The number of hydrogen-bond donors (Lipinski definition) is 2. The molecule has 1 atom stereocenters. The van der Waals surface area contributed by atoms with Gasteiger partial charge in [-0.3, -0.25) is 0 Å². The van der Waals surface area contributed by atoms with Crippen LogP contribution in [0.2, 0.25) is 4.34 Å². The second-order valence-corrected chi connectivity index (χ2v) is 6.38. The maximum Gasteiger partial charge on any atom is 0.319 e. The fourth-order valence-electron chi connectivity index (χ4n) is 2.00. The molecule has 0 spiro atoms. The van der Waals surface area contributed by atoms with Crippen LogP contribution in [-0.2, 0) is 4.74 Å². The summed E-state index contributed by atoms with van der Waals surface area (Å²) in [5.41, 5.74) is 0.625. The Balaban J connectivity index is 1.92. The van der Waals surface area contributed by atoms with E-state index in [1.54, 1.807) is 13.2 Å².